The van der Waals surface area contributed by atoms with Gasteiger partial charge in [-0.2, -0.15) is 0 Å². The minimum atomic E-state index is -0.0505. The van der Waals surface area contributed by atoms with Gasteiger partial charge in [0.15, 0.2) is 0 Å². The fraction of sp³-hybridized carbons (Fsp3) is 0.400. The zero-order valence-corrected chi connectivity index (χ0v) is 11.7. The van der Waals surface area contributed by atoms with E-state index in [1.165, 1.54) is 0 Å². The lowest BCUT2D eigenvalue weighted by atomic mass is 10.2. The lowest BCUT2D eigenvalue weighted by Crippen LogP contribution is -2.30. The fourth-order valence-corrected chi connectivity index (χ4v) is 1.52. The van der Waals surface area contributed by atoms with Gasteiger partial charge in [-0.05, 0) is 31.5 Å². The van der Waals surface area contributed by atoms with Gasteiger partial charge in [-0.3, -0.25) is 4.79 Å². The maximum atomic E-state index is 11.6. The van der Waals surface area contributed by atoms with Crippen LogP contribution in [-0.2, 0) is 9.53 Å². The number of aryl methyl sites for hydroxylation is 1. The molecule has 2 N–H and O–H groups in total. The molecule has 1 aromatic carbocycles. The fourth-order valence-electron chi connectivity index (χ4n) is 1.52. The molecule has 1 rings (SSSR count). The number of anilines is 1. The average Bonchev–Trinajstić information content (AvgIpc) is 2.33. The third kappa shape index (κ3) is 7.39. The van der Waals surface area contributed by atoms with E-state index < -0.39 is 0 Å². The van der Waals surface area contributed by atoms with Crippen LogP contribution in [0.4, 0.5) is 5.69 Å². The van der Waals surface area contributed by atoms with E-state index in [1.807, 2.05) is 38.1 Å². The predicted octanol–water partition coefficient (Wildman–Crippen LogP) is 2.12. The van der Waals surface area contributed by atoms with Crippen molar-refractivity contribution in [2.24, 2.45) is 0 Å². The minimum absolute atomic E-state index is 0.0505. The molecule has 0 saturated heterocycles. The SMILES string of the molecule is C=C(C)COCCNCC(=O)Nc1cccc(C)c1. The second kappa shape index (κ2) is 8.45. The Morgan fingerprint density at radius 2 is 2.21 bits per heavy atom. The molecule has 0 aliphatic carbocycles. The van der Waals surface area contributed by atoms with Crippen molar-refractivity contribution in [3.8, 4) is 0 Å². The Morgan fingerprint density at radius 3 is 2.89 bits per heavy atom. The number of carbonyl (C=O) groups is 1. The van der Waals surface area contributed by atoms with Crippen molar-refractivity contribution in [1.82, 2.24) is 5.32 Å². The molecule has 4 heteroatoms. The Bertz CT molecular complexity index is 430. The highest BCUT2D eigenvalue weighted by atomic mass is 16.5. The monoisotopic (exact) mass is 262 g/mol. The quantitative estimate of drug-likeness (QED) is 0.557. The van der Waals surface area contributed by atoms with Crippen LogP contribution < -0.4 is 10.6 Å². The van der Waals surface area contributed by atoms with E-state index in [0.29, 0.717) is 19.8 Å². The molecule has 104 valence electrons. The first-order valence-electron chi connectivity index (χ1n) is 6.37. The largest absolute Gasteiger partial charge is 0.376 e. The predicted molar refractivity (Wildman–Crippen MR) is 78.3 cm³/mol. The first-order valence-corrected chi connectivity index (χ1v) is 6.37. The number of rotatable bonds is 8. The second-order valence-corrected chi connectivity index (χ2v) is 4.60. The third-order valence-corrected chi connectivity index (χ3v) is 2.36. The highest BCUT2D eigenvalue weighted by molar-refractivity contribution is 5.92. The molecular formula is C15H22N2O2. The molecule has 0 saturated carbocycles. The maximum absolute atomic E-state index is 11.6. The smallest absolute Gasteiger partial charge is 0.238 e. The second-order valence-electron chi connectivity index (χ2n) is 4.60. The van der Waals surface area contributed by atoms with Crippen LogP contribution in [0.25, 0.3) is 0 Å². The number of nitrogens with one attached hydrogen (secondary N) is 2. The molecular weight excluding hydrogens is 240 g/mol. The van der Waals surface area contributed by atoms with E-state index in [9.17, 15) is 4.79 Å². The lowest BCUT2D eigenvalue weighted by Gasteiger charge is -2.08. The van der Waals surface area contributed by atoms with Gasteiger partial charge in [0.25, 0.3) is 0 Å². The summed E-state index contributed by atoms with van der Waals surface area (Å²) in [7, 11) is 0. The summed E-state index contributed by atoms with van der Waals surface area (Å²) in [5.74, 6) is -0.0505. The van der Waals surface area contributed by atoms with E-state index in [-0.39, 0.29) is 12.5 Å². The first-order chi connectivity index (χ1) is 9.08. The average molecular weight is 262 g/mol. The molecule has 0 bridgehead atoms. The molecule has 0 fully saturated rings. The molecule has 0 aliphatic rings. The summed E-state index contributed by atoms with van der Waals surface area (Å²) in [6.07, 6.45) is 0. The molecule has 0 spiro atoms. The van der Waals surface area contributed by atoms with Crippen LogP contribution in [0, 0.1) is 6.92 Å². The van der Waals surface area contributed by atoms with Gasteiger partial charge in [0.1, 0.15) is 0 Å². The summed E-state index contributed by atoms with van der Waals surface area (Å²) in [5, 5.41) is 5.86. The molecule has 0 heterocycles. The Balaban J connectivity index is 2.13. The zero-order chi connectivity index (χ0) is 14.1. The molecule has 4 nitrogen and oxygen atoms in total. The summed E-state index contributed by atoms with van der Waals surface area (Å²) in [6.45, 7) is 9.73. The van der Waals surface area contributed by atoms with E-state index in [2.05, 4.69) is 17.2 Å². The summed E-state index contributed by atoms with van der Waals surface area (Å²) >= 11 is 0. The van der Waals surface area contributed by atoms with Crippen LogP contribution in [0.15, 0.2) is 36.4 Å². The van der Waals surface area contributed by atoms with Crippen molar-refractivity contribution in [3.05, 3.63) is 42.0 Å². The van der Waals surface area contributed by atoms with Gasteiger partial charge in [0, 0.05) is 12.2 Å². The number of amides is 1. The van der Waals surface area contributed by atoms with Crippen molar-refractivity contribution in [2.45, 2.75) is 13.8 Å². The van der Waals surface area contributed by atoms with Crippen molar-refractivity contribution in [2.75, 3.05) is 31.6 Å². The highest BCUT2D eigenvalue weighted by Gasteiger charge is 2.01. The van der Waals surface area contributed by atoms with Crippen LogP contribution in [-0.4, -0.2) is 32.2 Å². The highest BCUT2D eigenvalue weighted by Crippen LogP contribution is 2.08. The number of ether oxygens (including phenoxy) is 1. The van der Waals surface area contributed by atoms with E-state index in [4.69, 9.17) is 4.74 Å². The standard InChI is InChI=1S/C15H22N2O2/c1-12(2)11-19-8-7-16-10-15(18)17-14-6-4-5-13(3)9-14/h4-6,9,16H,1,7-8,10-11H2,2-3H3,(H,17,18). The topological polar surface area (TPSA) is 50.4 Å². The Morgan fingerprint density at radius 1 is 1.42 bits per heavy atom. The number of hydrogen-bond acceptors (Lipinski definition) is 3. The third-order valence-electron chi connectivity index (χ3n) is 2.36. The van der Waals surface area contributed by atoms with Gasteiger partial charge in [0.05, 0.1) is 19.8 Å². The van der Waals surface area contributed by atoms with Crippen molar-refractivity contribution in [3.63, 3.8) is 0 Å². The normalized spacial score (nSPS) is 10.2. The van der Waals surface area contributed by atoms with Crippen molar-refractivity contribution >= 4 is 11.6 Å². The van der Waals surface area contributed by atoms with Crippen molar-refractivity contribution < 1.29 is 9.53 Å². The molecule has 1 aromatic rings. The molecule has 0 unspecified atom stereocenters. The summed E-state index contributed by atoms with van der Waals surface area (Å²) < 4.78 is 5.32. The van der Waals surface area contributed by atoms with E-state index >= 15 is 0 Å². The first kappa shape index (κ1) is 15.4. The van der Waals surface area contributed by atoms with Gasteiger partial charge >= 0.3 is 0 Å². The van der Waals surface area contributed by atoms with Gasteiger partial charge in [0.2, 0.25) is 5.91 Å². The summed E-state index contributed by atoms with van der Waals surface area (Å²) in [4.78, 5) is 11.6. The zero-order valence-electron chi connectivity index (χ0n) is 11.7. The van der Waals surface area contributed by atoms with Crippen LogP contribution in [0.2, 0.25) is 0 Å². The van der Waals surface area contributed by atoms with Gasteiger partial charge in [-0.15, -0.1) is 0 Å². The van der Waals surface area contributed by atoms with Gasteiger partial charge < -0.3 is 15.4 Å². The number of benzene rings is 1. The lowest BCUT2D eigenvalue weighted by molar-refractivity contribution is -0.115. The van der Waals surface area contributed by atoms with Crippen LogP contribution >= 0.6 is 0 Å². The van der Waals surface area contributed by atoms with E-state index in [1.54, 1.807) is 0 Å². The number of hydrogen-bond donors (Lipinski definition) is 2. The minimum Gasteiger partial charge on any atom is -0.376 e. The molecule has 0 aromatic heterocycles. The Hall–Kier alpha value is -1.65. The summed E-state index contributed by atoms with van der Waals surface area (Å²) in [6, 6.07) is 7.73. The number of carbonyl (C=O) groups excluding carboxylic acids is 1. The van der Waals surface area contributed by atoms with Gasteiger partial charge in [-0.25, -0.2) is 0 Å². The van der Waals surface area contributed by atoms with Crippen LogP contribution in [0.3, 0.4) is 0 Å². The van der Waals surface area contributed by atoms with Crippen molar-refractivity contribution in [1.29, 1.82) is 0 Å². The molecule has 0 aliphatic heterocycles. The van der Waals surface area contributed by atoms with Crippen LogP contribution in [0.5, 0.6) is 0 Å². The Labute approximate surface area is 114 Å². The van der Waals surface area contributed by atoms with Crippen LogP contribution in [0.1, 0.15) is 12.5 Å². The molecule has 0 atom stereocenters. The van der Waals surface area contributed by atoms with Gasteiger partial charge in [-0.1, -0.05) is 24.3 Å². The maximum Gasteiger partial charge on any atom is 0.238 e. The summed E-state index contributed by atoms with van der Waals surface area (Å²) in [5.41, 5.74) is 2.95. The Kier molecular flexibility index (Phi) is 6.85. The molecule has 0 radical (unpaired) electrons. The van der Waals surface area contributed by atoms with E-state index in [0.717, 1.165) is 16.8 Å². The molecule has 1 amide bonds. The molecule has 19 heavy (non-hydrogen) atoms.